The Morgan fingerprint density at radius 2 is 2.09 bits per heavy atom. The maximum Gasteiger partial charge on any atom is 0.220 e. The van der Waals surface area contributed by atoms with Crippen molar-refractivity contribution in [3.05, 3.63) is 72.4 Å². The number of hydrogen-bond donors (Lipinski definition) is 1. The first kappa shape index (κ1) is 15.1. The second kappa shape index (κ2) is 6.96. The maximum absolute atomic E-state index is 12.0. The van der Waals surface area contributed by atoms with Crippen LogP contribution in [0.1, 0.15) is 30.7 Å². The van der Waals surface area contributed by atoms with Crippen molar-refractivity contribution < 1.29 is 9.21 Å². The predicted octanol–water partition coefficient (Wildman–Crippen LogP) is 3.28. The lowest BCUT2D eigenvalue weighted by molar-refractivity contribution is -0.121. The van der Waals surface area contributed by atoms with Gasteiger partial charge in [-0.25, -0.2) is 4.68 Å². The third kappa shape index (κ3) is 3.88. The van der Waals surface area contributed by atoms with E-state index in [0.29, 0.717) is 12.8 Å². The van der Waals surface area contributed by atoms with E-state index in [1.165, 1.54) is 0 Å². The quantitative estimate of drug-likeness (QED) is 0.760. The van der Waals surface area contributed by atoms with Crippen LogP contribution < -0.4 is 5.32 Å². The van der Waals surface area contributed by atoms with E-state index in [0.717, 1.165) is 17.0 Å². The first-order valence-electron chi connectivity index (χ1n) is 7.64. The molecule has 0 aliphatic heterocycles. The molecule has 0 saturated carbocycles. The summed E-state index contributed by atoms with van der Waals surface area (Å²) in [5, 5.41) is 7.21. The number of hydrogen-bond acceptors (Lipinski definition) is 3. The van der Waals surface area contributed by atoms with Crippen LogP contribution in [0.3, 0.4) is 0 Å². The highest BCUT2D eigenvalue weighted by Gasteiger charge is 2.10. The second-order valence-corrected chi connectivity index (χ2v) is 5.41. The van der Waals surface area contributed by atoms with E-state index < -0.39 is 0 Å². The van der Waals surface area contributed by atoms with Gasteiger partial charge in [0.2, 0.25) is 5.91 Å². The van der Waals surface area contributed by atoms with Gasteiger partial charge >= 0.3 is 0 Å². The normalized spacial score (nSPS) is 12.0. The van der Waals surface area contributed by atoms with Crippen LogP contribution in [0.4, 0.5) is 0 Å². The minimum Gasteiger partial charge on any atom is -0.469 e. The number of aromatic nitrogens is 2. The van der Waals surface area contributed by atoms with Gasteiger partial charge < -0.3 is 9.73 Å². The SMILES string of the molecule is C[C@@H](NC(=O)CCc1ccco1)c1ccc(-n2cccn2)cc1. The molecular formula is C18H19N3O2. The molecule has 0 bridgehead atoms. The zero-order chi connectivity index (χ0) is 16.1. The molecule has 0 aliphatic rings. The number of benzene rings is 1. The van der Waals surface area contributed by atoms with Crippen LogP contribution in [-0.2, 0) is 11.2 Å². The standard InChI is InChI=1S/C18H19N3O2/c1-14(20-18(22)10-9-17-4-2-13-23-17)15-5-7-16(8-6-15)21-12-3-11-19-21/h2-8,11-14H,9-10H2,1H3,(H,20,22)/t14-/m1/s1. The van der Waals surface area contributed by atoms with Gasteiger partial charge in [0.05, 0.1) is 18.0 Å². The van der Waals surface area contributed by atoms with Crippen molar-refractivity contribution in [3.8, 4) is 5.69 Å². The van der Waals surface area contributed by atoms with Crippen molar-refractivity contribution in [2.45, 2.75) is 25.8 Å². The van der Waals surface area contributed by atoms with Gasteiger partial charge in [-0.1, -0.05) is 12.1 Å². The lowest BCUT2D eigenvalue weighted by atomic mass is 10.1. The molecule has 3 aromatic rings. The number of amides is 1. The Balaban J connectivity index is 1.55. The highest BCUT2D eigenvalue weighted by atomic mass is 16.3. The zero-order valence-electron chi connectivity index (χ0n) is 13.0. The number of nitrogens with one attached hydrogen (secondary N) is 1. The van der Waals surface area contributed by atoms with Gasteiger partial charge in [0.1, 0.15) is 5.76 Å². The molecule has 0 aliphatic carbocycles. The summed E-state index contributed by atoms with van der Waals surface area (Å²) in [5.74, 6) is 0.849. The number of nitrogens with zero attached hydrogens (tertiary/aromatic N) is 2. The fourth-order valence-corrected chi connectivity index (χ4v) is 2.43. The van der Waals surface area contributed by atoms with Gasteiger partial charge in [-0.15, -0.1) is 0 Å². The molecule has 1 aromatic carbocycles. The molecule has 0 saturated heterocycles. The molecule has 1 amide bonds. The average Bonchev–Trinajstić information content (AvgIpc) is 3.26. The summed E-state index contributed by atoms with van der Waals surface area (Å²) in [5.41, 5.74) is 2.06. The predicted molar refractivity (Wildman–Crippen MR) is 87.2 cm³/mol. The van der Waals surface area contributed by atoms with Gasteiger partial charge in [-0.05, 0) is 42.8 Å². The van der Waals surface area contributed by atoms with E-state index in [-0.39, 0.29) is 11.9 Å². The molecule has 1 N–H and O–H groups in total. The van der Waals surface area contributed by atoms with Crippen molar-refractivity contribution in [2.24, 2.45) is 0 Å². The molecular weight excluding hydrogens is 290 g/mol. The lowest BCUT2D eigenvalue weighted by Gasteiger charge is -2.14. The maximum atomic E-state index is 12.0. The molecule has 0 fully saturated rings. The summed E-state index contributed by atoms with van der Waals surface area (Å²) in [6.07, 6.45) is 6.30. The Morgan fingerprint density at radius 3 is 2.74 bits per heavy atom. The zero-order valence-corrected chi connectivity index (χ0v) is 13.0. The Kier molecular flexibility index (Phi) is 4.57. The van der Waals surface area contributed by atoms with Crippen LogP contribution in [0, 0.1) is 0 Å². The number of carbonyl (C=O) groups is 1. The third-order valence-corrected chi connectivity index (χ3v) is 3.72. The van der Waals surface area contributed by atoms with Crippen LogP contribution in [-0.4, -0.2) is 15.7 Å². The highest BCUT2D eigenvalue weighted by molar-refractivity contribution is 5.76. The Labute approximate surface area is 134 Å². The minimum absolute atomic E-state index is 0.0186. The van der Waals surface area contributed by atoms with Crippen molar-refractivity contribution >= 4 is 5.91 Å². The molecule has 5 heteroatoms. The number of aryl methyl sites for hydroxylation is 1. The molecule has 1 atom stereocenters. The fourth-order valence-electron chi connectivity index (χ4n) is 2.43. The van der Waals surface area contributed by atoms with E-state index in [1.807, 2.05) is 55.6 Å². The summed E-state index contributed by atoms with van der Waals surface area (Å²) in [7, 11) is 0. The van der Waals surface area contributed by atoms with Gasteiger partial charge in [-0.3, -0.25) is 4.79 Å². The molecule has 0 unspecified atom stereocenters. The molecule has 0 radical (unpaired) electrons. The van der Waals surface area contributed by atoms with E-state index in [2.05, 4.69) is 10.4 Å². The van der Waals surface area contributed by atoms with Crippen LogP contribution >= 0.6 is 0 Å². The summed E-state index contributed by atoms with van der Waals surface area (Å²) in [6, 6.07) is 13.6. The van der Waals surface area contributed by atoms with E-state index in [4.69, 9.17) is 4.42 Å². The summed E-state index contributed by atoms with van der Waals surface area (Å²) < 4.78 is 7.04. The molecule has 3 rings (SSSR count). The van der Waals surface area contributed by atoms with Crippen molar-refractivity contribution in [3.63, 3.8) is 0 Å². The Morgan fingerprint density at radius 1 is 1.26 bits per heavy atom. The van der Waals surface area contributed by atoms with Gasteiger partial charge in [0, 0.05) is 25.2 Å². The van der Waals surface area contributed by atoms with E-state index in [9.17, 15) is 4.79 Å². The van der Waals surface area contributed by atoms with E-state index in [1.54, 1.807) is 17.1 Å². The number of rotatable bonds is 6. The van der Waals surface area contributed by atoms with Crippen LogP contribution in [0.15, 0.2) is 65.5 Å². The topological polar surface area (TPSA) is 60.1 Å². The fraction of sp³-hybridized carbons (Fsp3) is 0.222. The highest BCUT2D eigenvalue weighted by Crippen LogP contribution is 2.15. The molecule has 118 valence electrons. The van der Waals surface area contributed by atoms with E-state index >= 15 is 0 Å². The largest absolute Gasteiger partial charge is 0.469 e. The van der Waals surface area contributed by atoms with Crippen molar-refractivity contribution in [1.82, 2.24) is 15.1 Å². The number of furan rings is 1. The average molecular weight is 309 g/mol. The summed E-state index contributed by atoms with van der Waals surface area (Å²) >= 11 is 0. The van der Waals surface area contributed by atoms with Gasteiger partial charge in [0.25, 0.3) is 0 Å². The Bertz CT molecular complexity index is 731. The smallest absolute Gasteiger partial charge is 0.220 e. The summed E-state index contributed by atoms with van der Waals surface area (Å²) in [6.45, 7) is 1.98. The molecule has 2 aromatic heterocycles. The first-order chi connectivity index (χ1) is 11.2. The molecule has 2 heterocycles. The first-order valence-corrected chi connectivity index (χ1v) is 7.64. The van der Waals surface area contributed by atoms with Crippen LogP contribution in [0.25, 0.3) is 5.69 Å². The van der Waals surface area contributed by atoms with Crippen molar-refractivity contribution in [1.29, 1.82) is 0 Å². The van der Waals surface area contributed by atoms with Gasteiger partial charge in [-0.2, -0.15) is 5.10 Å². The minimum atomic E-state index is -0.0363. The molecule has 5 nitrogen and oxygen atoms in total. The van der Waals surface area contributed by atoms with Crippen molar-refractivity contribution in [2.75, 3.05) is 0 Å². The Hall–Kier alpha value is -2.82. The lowest BCUT2D eigenvalue weighted by Crippen LogP contribution is -2.26. The van der Waals surface area contributed by atoms with Crippen LogP contribution in [0.5, 0.6) is 0 Å². The second-order valence-electron chi connectivity index (χ2n) is 5.41. The monoisotopic (exact) mass is 309 g/mol. The molecule has 23 heavy (non-hydrogen) atoms. The summed E-state index contributed by atoms with van der Waals surface area (Å²) in [4.78, 5) is 12.0. The van der Waals surface area contributed by atoms with Gasteiger partial charge in [0.15, 0.2) is 0 Å². The third-order valence-electron chi connectivity index (χ3n) is 3.72. The van der Waals surface area contributed by atoms with Crippen LogP contribution in [0.2, 0.25) is 0 Å². The number of carbonyl (C=O) groups excluding carboxylic acids is 1. The molecule has 0 spiro atoms.